The Balaban J connectivity index is 2.19. The first kappa shape index (κ1) is 12.9. The lowest BCUT2D eigenvalue weighted by atomic mass is 10.2. The fraction of sp³-hybridized carbons (Fsp3) is 0.500. The fourth-order valence-corrected chi connectivity index (χ4v) is 1.37. The van der Waals surface area contributed by atoms with E-state index in [-0.39, 0.29) is 0 Å². The number of pyridine rings is 1. The number of aromatic nitrogens is 1. The quantitative estimate of drug-likeness (QED) is 0.742. The van der Waals surface area contributed by atoms with Crippen LogP contribution in [0.2, 0.25) is 0 Å². The zero-order chi connectivity index (χ0) is 11.8. The molecule has 1 rings (SSSR count). The summed E-state index contributed by atoms with van der Waals surface area (Å²) in [6, 6.07) is 4.14. The summed E-state index contributed by atoms with van der Waals surface area (Å²) in [4.78, 5) is 4.25. The van der Waals surface area contributed by atoms with Gasteiger partial charge in [-0.15, -0.1) is 0 Å². The molecule has 0 bridgehead atoms. The van der Waals surface area contributed by atoms with Gasteiger partial charge in [-0.3, -0.25) is 4.98 Å². The van der Waals surface area contributed by atoms with Gasteiger partial charge in [0.2, 0.25) is 0 Å². The second-order valence-corrected chi connectivity index (χ2v) is 4.52. The van der Waals surface area contributed by atoms with Crippen molar-refractivity contribution < 1.29 is 0 Å². The van der Waals surface area contributed by atoms with Crippen molar-refractivity contribution in [3.05, 3.63) is 35.7 Å². The van der Waals surface area contributed by atoms with Gasteiger partial charge in [0, 0.05) is 11.9 Å². The van der Waals surface area contributed by atoms with Gasteiger partial charge in [0.1, 0.15) is 0 Å². The lowest BCUT2D eigenvalue weighted by molar-refractivity contribution is 0.557. The van der Waals surface area contributed by atoms with E-state index in [2.05, 4.69) is 42.4 Å². The largest absolute Gasteiger partial charge is 0.316 e. The molecule has 0 aliphatic rings. The molecular formula is C14H22N2. The maximum Gasteiger partial charge on any atom is 0.0373 e. The van der Waals surface area contributed by atoms with E-state index >= 15 is 0 Å². The van der Waals surface area contributed by atoms with E-state index in [0.717, 1.165) is 31.1 Å². The van der Waals surface area contributed by atoms with Crippen molar-refractivity contribution in [1.82, 2.24) is 10.3 Å². The van der Waals surface area contributed by atoms with Crippen LogP contribution >= 0.6 is 0 Å². The lowest BCUT2D eigenvalue weighted by Crippen LogP contribution is -2.20. The molecule has 1 N–H and O–H groups in total. The van der Waals surface area contributed by atoms with Crippen molar-refractivity contribution >= 4 is 6.08 Å². The Kier molecular flexibility index (Phi) is 5.79. The average molecular weight is 218 g/mol. The summed E-state index contributed by atoms with van der Waals surface area (Å²) in [5, 5.41) is 3.41. The van der Waals surface area contributed by atoms with E-state index in [9.17, 15) is 0 Å². The van der Waals surface area contributed by atoms with Crippen LogP contribution in [0.25, 0.3) is 6.08 Å². The highest BCUT2D eigenvalue weighted by molar-refractivity contribution is 5.47. The lowest BCUT2D eigenvalue weighted by Gasteiger charge is -2.04. The molecule has 1 aromatic heterocycles. The molecule has 0 saturated heterocycles. The highest BCUT2D eigenvalue weighted by Gasteiger charge is 1.91. The highest BCUT2D eigenvalue weighted by Crippen LogP contribution is 2.02. The maximum atomic E-state index is 4.25. The van der Waals surface area contributed by atoms with Gasteiger partial charge in [-0.25, -0.2) is 0 Å². The molecule has 2 nitrogen and oxygen atoms in total. The zero-order valence-corrected chi connectivity index (χ0v) is 10.5. The number of hydrogen-bond acceptors (Lipinski definition) is 2. The van der Waals surface area contributed by atoms with Gasteiger partial charge in [-0.2, -0.15) is 0 Å². The molecule has 0 aromatic carbocycles. The third-order valence-corrected chi connectivity index (χ3v) is 2.28. The first-order chi connectivity index (χ1) is 7.68. The molecule has 0 spiro atoms. The molecule has 0 saturated carbocycles. The van der Waals surface area contributed by atoms with Crippen molar-refractivity contribution in [2.24, 2.45) is 5.92 Å². The number of nitrogens with zero attached hydrogens (tertiary/aromatic N) is 1. The van der Waals surface area contributed by atoms with Crippen molar-refractivity contribution in [2.45, 2.75) is 27.2 Å². The minimum atomic E-state index is 0.727. The van der Waals surface area contributed by atoms with E-state index in [1.807, 2.05) is 19.2 Å². The Morgan fingerprint density at radius 2 is 2.19 bits per heavy atom. The van der Waals surface area contributed by atoms with Crippen LogP contribution in [-0.2, 0) is 0 Å². The van der Waals surface area contributed by atoms with Gasteiger partial charge < -0.3 is 5.32 Å². The van der Waals surface area contributed by atoms with Crippen molar-refractivity contribution in [3.8, 4) is 0 Å². The molecule has 0 aliphatic heterocycles. The minimum absolute atomic E-state index is 0.727. The highest BCUT2D eigenvalue weighted by atomic mass is 14.8. The second-order valence-electron chi connectivity index (χ2n) is 4.52. The summed E-state index contributed by atoms with van der Waals surface area (Å²) < 4.78 is 0. The van der Waals surface area contributed by atoms with Crippen molar-refractivity contribution in [2.75, 3.05) is 13.1 Å². The molecule has 0 radical (unpaired) electrons. The van der Waals surface area contributed by atoms with Gasteiger partial charge >= 0.3 is 0 Å². The zero-order valence-electron chi connectivity index (χ0n) is 10.5. The molecule has 1 aromatic rings. The van der Waals surface area contributed by atoms with Gasteiger partial charge in [0.15, 0.2) is 0 Å². The van der Waals surface area contributed by atoms with Crippen molar-refractivity contribution in [3.63, 3.8) is 0 Å². The molecule has 0 unspecified atom stereocenters. The maximum absolute atomic E-state index is 4.25. The monoisotopic (exact) mass is 218 g/mol. The number of rotatable bonds is 6. The third kappa shape index (κ3) is 5.66. The standard InChI is InChI=1S/C14H22N2/c1-12(2)10-15-9-5-4-6-14-8-7-13(3)16-11-14/h4,6-8,11-12,15H,5,9-10H2,1-3H3. The molecular weight excluding hydrogens is 196 g/mol. The van der Waals surface area contributed by atoms with Crippen LogP contribution in [0, 0.1) is 12.8 Å². The number of hydrogen-bond donors (Lipinski definition) is 1. The normalized spacial score (nSPS) is 11.5. The molecule has 0 fully saturated rings. The summed E-state index contributed by atoms with van der Waals surface area (Å²) in [6.07, 6.45) is 7.30. The first-order valence-corrected chi connectivity index (χ1v) is 5.98. The van der Waals surface area contributed by atoms with Crippen LogP contribution in [0.1, 0.15) is 31.5 Å². The summed E-state index contributed by atoms with van der Waals surface area (Å²) in [6.45, 7) is 8.60. The minimum Gasteiger partial charge on any atom is -0.316 e. The van der Waals surface area contributed by atoms with E-state index in [1.54, 1.807) is 0 Å². The van der Waals surface area contributed by atoms with Crippen LogP contribution in [0.3, 0.4) is 0 Å². The van der Waals surface area contributed by atoms with Crippen LogP contribution in [0.15, 0.2) is 24.4 Å². The van der Waals surface area contributed by atoms with Crippen LogP contribution < -0.4 is 5.32 Å². The van der Waals surface area contributed by atoms with E-state index in [1.165, 1.54) is 5.56 Å². The Bertz CT molecular complexity index is 312. The molecule has 0 aliphatic carbocycles. The summed E-state index contributed by atoms with van der Waals surface area (Å²) in [5.74, 6) is 0.727. The van der Waals surface area contributed by atoms with E-state index < -0.39 is 0 Å². The third-order valence-electron chi connectivity index (χ3n) is 2.28. The van der Waals surface area contributed by atoms with E-state index in [4.69, 9.17) is 0 Å². The van der Waals surface area contributed by atoms with E-state index in [0.29, 0.717) is 0 Å². The van der Waals surface area contributed by atoms with Crippen molar-refractivity contribution in [1.29, 1.82) is 0 Å². The van der Waals surface area contributed by atoms with Crippen LogP contribution in [0.4, 0.5) is 0 Å². The molecule has 88 valence electrons. The fourth-order valence-electron chi connectivity index (χ4n) is 1.37. The predicted octanol–water partition coefficient (Wildman–Crippen LogP) is 3.04. The summed E-state index contributed by atoms with van der Waals surface area (Å²) in [5.41, 5.74) is 2.24. The van der Waals surface area contributed by atoms with Gasteiger partial charge in [-0.05, 0) is 44.0 Å². The molecule has 2 heteroatoms. The Labute approximate surface area is 98.8 Å². The SMILES string of the molecule is Cc1ccc(C=CCCNCC(C)C)cn1. The predicted molar refractivity (Wildman–Crippen MR) is 70.3 cm³/mol. The first-order valence-electron chi connectivity index (χ1n) is 5.98. The van der Waals surface area contributed by atoms with Gasteiger partial charge in [-0.1, -0.05) is 32.1 Å². The van der Waals surface area contributed by atoms with Gasteiger partial charge in [0.05, 0.1) is 0 Å². The summed E-state index contributed by atoms with van der Waals surface area (Å²) in [7, 11) is 0. The Morgan fingerprint density at radius 3 is 2.81 bits per heavy atom. The Morgan fingerprint density at radius 1 is 1.38 bits per heavy atom. The van der Waals surface area contributed by atoms with Crippen LogP contribution in [-0.4, -0.2) is 18.1 Å². The summed E-state index contributed by atoms with van der Waals surface area (Å²) >= 11 is 0. The smallest absolute Gasteiger partial charge is 0.0373 e. The van der Waals surface area contributed by atoms with Gasteiger partial charge in [0.25, 0.3) is 0 Å². The molecule has 0 amide bonds. The Hall–Kier alpha value is -1.15. The number of aryl methyl sites for hydroxylation is 1. The average Bonchev–Trinajstić information content (AvgIpc) is 2.25. The molecule has 16 heavy (non-hydrogen) atoms. The topological polar surface area (TPSA) is 24.9 Å². The van der Waals surface area contributed by atoms with Crippen LogP contribution in [0.5, 0.6) is 0 Å². The number of nitrogens with one attached hydrogen (secondary N) is 1. The molecule has 0 atom stereocenters. The molecule has 1 heterocycles. The second kappa shape index (κ2) is 7.18.